The fraction of sp³-hybridized carbons (Fsp3) is 0.421. The number of nitrogens with one attached hydrogen (secondary N) is 1. The molecule has 6 heteroatoms. The van der Waals surface area contributed by atoms with E-state index in [1.807, 2.05) is 31.2 Å². The highest BCUT2D eigenvalue weighted by atomic mass is 19.1. The van der Waals surface area contributed by atoms with Gasteiger partial charge in [0.1, 0.15) is 6.10 Å². The number of hydrogen-bond acceptors (Lipinski definition) is 4. The van der Waals surface area contributed by atoms with Gasteiger partial charge in [0, 0.05) is 6.04 Å². The van der Waals surface area contributed by atoms with Crippen molar-refractivity contribution in [2.75, 3.05) is 0 Å². The third-order valence-electron chi connectivity index (χ3n) is 4.36. The number of aryl methyl sites for hydroxylation is 1. The molecular formula is C19H22FN3O2. The highest BCUT2D eigenvalue weighted by Crippen LogP contribution is 2.22. The first-order valence-electron chi connectivity index (χ1n) is 8.57. The summed E-state index contributed by atoms with van der Waals surface area (Å²) >= 11 is 0. The van der Waals surface area contributed by atoms with Crippen molar-refractivity contribution in [3.05, 3.63) is 53.6 Å². The van der Waals surface area contributed by atoms with E-state index in [1.165, 1.54) is 0 Å². The van der Waals surface area contributed by atoms with Crippen LogP contribution in [0.5, 0.6) is 6.01 Å². The summed E-state index contributed by atoms with van der Waals surface area (Å²) in [7, 11) is 0. The maximum atomic E-state index is 12.8. The first-order chi connectivity index (χ1) is 12.1. The van der Waals surface area contributed by atoms with Crippen LogP contribution in [-0.2, 0) is 11.2 Å². The average Bonchev–Trinajstić information content (AvgIpc) is 2.59. The Morgan fingerprint density at radius 1 is 1.24 bits per heavy atom. The largest absolute Gasteiger partial charge is 0.460 e. The van der Waals surface area contributed by atoms with E-state index in [0.717, 1.165) is 49.2 Å². The number of rotatable bonds is 5. The van der Waals surface area contributed by atoms with Gasteiger partial charge in [0.15, 0.2) is 5.82 Å². The highest BCUT2D eigenvalue weighted by Gasteiger charge is 2.24. The molecule has 0 bridgehead atoms. The Morgan fingerprint density at radius 3 is 2.64 bits per heavy atom. The average molecular weight is 343 g/mol. The van der Waals surface area contributed by atoms with Gasteiger partial charge in [-0.05, 0) is 38.2 Å². The molecule has 1 aliphatic carbocycles. The van der Waals surface area contributed by atoms with Gasteiger partial charge in [-0.2, -0.15) is 0 Å². The fourth-order valence-electron chi connectivity index (χ4n) is 3.12. The highest BCUT2D eigenvalue weighted by molar-refractivity contribution is 5.78. The summed E-state index contributed by atoms with van der Waals surface area (Å²) in [6.07, 6.45) is 5.94. The number of hydrogen-bond donors (Lipinski definition) is 1. The summed E-state index contributed by atoms with van der Waals surface area (Å²) in [5.74, 6) is -0.427. The van der Waals surface area contributed by atoms with E-state index in [2.05, 4.69) is 15.3 Å². The summed E-state index contributed by atoms with van der Waals surface area (Å²) in [6, 6.07) is 8.37. The Kier molecular flexibility index (Phi) is 5.58. The van der Waals surface area contributed by atoms with Gasteiger partial charge in [0.05, 0.1) is 18.8 Å². The molecule has 1 heterocycles. The lowest BCUT2D eigenvalue weighted by Crippen LogP contribution is -2.40. The predicted molar refractivity (Wildman–Crippen MR) is 91.7 cm³/mol. The molecule has 1 aromatic carbocycles. The van der Waals surface area contributed by atoms with Gasteiger partial charge in [-0.15, -0.1) is 0 Å². The van der Waals surface area contributed by atoms with E-state index in [9.17, 15) is 9.18 Å². The van der Waals surface area contributed by atoms with Gasteiger partial charge in [-0.25, -0.2) is 14.4 Å². The topological polar surface area (TPSA) is 64.1 Å². The summed E-state index contributed by atoms with van der Waals surface area (Å²) in [4.78, 5) is 19.8. The van der Waals surface area contributed by atoms with E-state index < -0.39 is 5.82 Å². The zero-order valence-corrected chi connectivity index (χ0v) is 14.2. The third-order valence-corrected chi connectivity index (χ3v) is 4.36. The van der Waals surface area contributed by atoms with Crippen LogP contribution in [0.1, 0.15) is 36.8 Å². The molecule has 1 amide bonds. The molecule has 1 saturated carbocycles. The number of carbonyl (C=O) groups is 1. The third kappa shape index (κ3) is 5.24. The van der Waals surface area contributed by atoms with Gasteiger partial charge in [-0.1, -0.05) is 29.8 Å². The van der Waals surface area contributed by atoms with Crippen LogP contribution in [0.2, 0.25) is 0 Å². The van der Waals surface area contributed by atoms with Crippen LogP contribution in [0, 0.1) is 12.7 Å². The minimum absolute atomic E-state index is 0.00962. The summed E-state index contributed by atoms with van der Waals surface area (Å²) in [6.45, 7) is 2.02. The van der Waals surface area contributed by atoms with Crippen molar-refractivity contribution in [3.63, 3.8) is 0 Å². The van der Waals surface area contributed by atoms with Crippen molar-refractivity contribution in [2.45, 2.75) is 51.2 Å². The van der Waals surface area contributed by atoms with Gasteiger partial charge in [0.2, 0.25) is 5.91 Å². The van der Waals surface area contributed by atoms with Crippen molar-refractivity contribution in [2.24, 2.45) is 0 Å². The molecular weight excluding hydrogens is 321 g/mol. The lowest BCUT2D eigenvalue weighted by Gasteiger charge is -2.28. The maximum Gasteiger partial charge on any atom is 0.316 e. The lowest BCUT2D eigenvalue weighted by atomic mass is 9.92. The number of carbonyl (C=O) groups excluding carboxylic acids is 1. The number of amides is 1. The molecule has 0 saturated heterocycles. The molecule has 5 nitrogen and oxygen atoms in total. The molecule has 1 aromatic heterocycles. The summed E-state index contributed by atoms with van der Waals surface area (Å²) in [5, 5.41) is 3.10. The minimum Gasteiger partial charge on any atom is -0.460 e. The number of benzene rings is 1. The minimum atomic E-state index is -0.479. The van der Waals surface area contributed by atoms with E-state index in [-0.39, 0.29) is 24.1 Å². The van der Waals surface area contributed by atoms with Gasteiger partial charge >= 0.3 is 6.01 Å². The first kappa shape index (κ1) is 17.3. The Labute approximate surface area is 146 Å². The quantitative estimate of drug-likeness (QED) is 0.906. The normalized spacial score (nSPS) is 20.1. The summed E-state index contributed by atoms with van der Waals surface area (Å²) < 4.78 is 18.5. The molecule has 0 radical (unpaired) electrons. The van der Waals surface area contributed by atoms with Crippen molar-refractivity contribution < 1.29 is 13.9 Å². The zero-order chi connectivity index (χ0) is 17.6. The van der Waals surface area contributed by atoms with Crippen LogP contribution in [0.25, 0.3) is 0 Å². The lowest BCUT2D eigenvalue weighted by molar-refractivity contribution is -0.121. The Bertz CT molecular complexity index is 713. The molecule has 132 valence electrons. The second-order valence-electron chi connectivity index (χ2n) is 6.51. The van der Waals surface area contributed by atoms with Crippen LogP contribution in [-0.4, -0.2) is 28.0 Å². The number of halogens is 1. The van der Waals surface area contributed by atoms with Gasteiger partial charge < -0.3 is 10.1 Å². The number of nitrogens with zero attached hydrogens (tertiary/aromatic N) is 2. The first-order valence-corrected chi connectivity index (χ1v) is 8.57. The number of ether oxygens (including phenoxy) is 1. The van der Waals surface area contributed by atoms with Crippen LogP contribution in [0.3, 0.4) is 0 Å². The number of aromatic nitrogens is 2. The SMILES string of the molecule is Cc1cccc(CC(=O)NC2CCC(Oc3ncc(F)cn3)CC2)c1. The van der Waals surface area contributed by atoms with Crippen LogP contribution >= 0.6 is 0 Å². The molecule has 0 atom stereocenters. The van der Waals surface area contributed by atoms with Crippen molar-refractivity contribution in [1.29, 1.82) is 0 Å². The Balaban J connectivity index is 1.42. The monoisotopic (exact) mass is 343 g/mol. The van der Waals surface area contributed by atoms with E-state index in [4.69, 9.17) is 4.74 Å². The van der Waals surface area contributed by atoms with Gasteiger partial charge in [-0.3, -0.25) is 4.79 Å². The molecule has 1 N–H and O–H groups in total. The molecule has 1 aliphatic rings. The fourth-order valence-corrected chi connectivity index (χ4v) is 3.12. The van der Waals surface area contributed by atoms with E-state index in [0.29, 0.717) is 6.42 Å². The zero-order valence-electron chi connectivity index (χ0n) is 14.2. The predicted octanol–water partition coefficient (Wildman–Crippen LogP) is 2.97. The molecule has 0 unspecified atom stereocenters. The van der Waals surface area contributed by atoms with Crippen molar-refractivity contribution >= 4 is 5.91 Å². The van der Waals surface area contributed by atoms with E-state index in [1.54, 1.807) is 0 Å². The smallest absolute Gasteiger partial charge is 0.316 e. The van der Waals surface area contributed by atoms with E-state index >= 15 is 0 Å². The maximum absolute atomic E-state index is 12.8. The Hall–Kier alpha value is -2.50. The second-order valence-corrected chi connectivity index (χ2v) is 6.51. The molecule has 3 rings (SSSR count). The second kappa shape index (κ2) is 8.05. The standard InChI is InChI=1S/C19H22FN3O2/c1-13-3-2-4-14(9-13)10-18(24)23-16-5-7-17(8-6-16)25-19-21-11-15(20)12-22-19/h2-4,9,11-12,16-17H,5-8,10H2,1H3,(H,23,24). The molecule has 25 heavy (non-hydrogen) atoms. The molecule has 0 spiro atoms. The van der Waals surface area contributed by atoms with Crippen LogP contribution in [0.15, 0.2) is 36.7 Å². The Morgan fingerprint density at radius 2 is 1.96 bits per heavy atom. The van der Waals surface area contributed by atoms with Crippen LogP contribution < -0.4 is 10.1 Å². The van der Waals surface area contributed by atoms with Crippen molar-refractivity contribution in [1.82, 2.24) is 15.3 Å². The van der Waals surface area contributed by atoms with Crippen LogP contribution in [0.4, 0.5) is 4.39 Å². The van der Waals surface area contributed by atoms with Gasteiger partial charge in [0.25, 0.3) is 0 Å². The summed E-state index contributed by atoms with van der Waals surface area (Å²) in [5.41, 5.74) is 2.19. The molecule has 1 fully saturated rings. The molecule has 2 aromatic rings. The molecule has 0 aliphatic heterocycles. The van der Waals surface area contributed by atoms with Crippen molar-refractivity contribution in [3.8, 4) is 6.01 Å².